The second-order valence-corrected chi connectivity index (χ2v) is 5.26. The van der Waals surface area contributed by atoms with Crippen molar-refractivity contribution < 1.29 is 9.90 Å². The summed E-state index contributed by atoms with van der Waals surface area (Å²) in [5.74, 6) is 0.294. The molecule has 1 aliphatic rings. The first kappa shape index (κ1) is 14.0. The lowest BCUT2D eigenvalue weighted by atomic mass is 10.1. The monoisotopic (exact) mass is 262 g/mol. The third-order valence-corrected chi connectivity index (χ3v) is 3.60. The van der Waals surface area contributed by atoms with E-state index in [1.807, 2.05) is 7.05 Å². The van der Waals surface area contributed by atoms with E-state index in [2.05, 4.69) is 9.80 Å². The van der Waals surface area contributed by atoms with Crippen LogP contribution in [0.1, 0.15) is 23.2 Å². The minimum absolute atomic E-state index is 0.101. The van der Waals surface area contributed by atoms with E-state index < -0.39 is 0 Å². The molecular weight excluding hydrogens is 240 g/mol. The lowest BCUT2D eigenvalue weighted by Gasteiger charge is -2.20. The molecule has 0 aromatic heterocycles. The van der Waals surface area contributed by atoms with Crippen LogP contribution in [0.5, 0.6) is 5.75 Å². The van der Waals surface area contributed by atoms with Gasteiger partial charge in [-0.15, -0.1) is 0 Å². The lowest BCUT2D eigenvalue weighted by molar-refractivity contribution is 0.0941. The highest BCUT2D eigenvalue weighted by Gasteiger charge is 2.13. The fourth-order valence-electron chi connectivity index (χ4n) is 2.38. The third-order valence-electron chi connectivity index (χ3n) is 3.60. The number of phenolic OH excluding ortho intramolecular Hbond substituents is 1. The van der Waals surface area contributed by atoms with Gasteiger partial charge in [0.2, 0.25) is 0 Å². The van der Waals surface area contributed by atoms with Crippen LogP contribution in [-0.2, 0) is 0 Å². The highest BCUT2D eigenvalue weighted by atomic mass is 16.3. The number of hydrogen-bond donors (Lipinski definition) is 1. The molecule has 19 heavy (non-hydrogen) atoms. The van der Waals surface area contributed by atoms with E-state index in [4.69, 9.17) is 0 Å². The van der Waals surface area contributed by atoms with Crippen molar-refractivity contribution in [3.63, 3.8) is 0 Å². The normalized spacial score (nSPS) is 16.1. The van der Waals surface area contributed by atoms with Gasteiger partial charge in [-0.05, 0) is 57.2 Å². The average Bonchev–Trinajstić information content (AvgIpc) is 2.90. The molecule has 1 heterocycles. The summed E-state index contributed by atoms with van der Waals surface area (Å²) in [4.78, 5) is 16.5. The first-order chi connectivity index (χ1) is 9.15. The molecule has 4 heteroatoms. The van der Waals surface area contributed by atoms with E-state index >= 15 is 0 Å². The van der Waals surface area contributed by atoms with Crippen molar-refractivity contribution in [1.82, 2.24) is 9.80 Å². The third kappa shape index (κ3) is 4.33. The molecule has 104 valence electrons. The Morgan fingerprint density at radius 2 is 1.89 bits per heavy atom. The van der Waals surface area contributed by atoms with E-state index in [0.29, 0.717) is 12.1 Å². The summed E-state index contributed by atoms with van der Waals surface area (Å²) in [6.45, 7) is 4.78. The van der Waals surface area contributed by atoms with Gasteiger partial charge >= 0.3 is 0 Å². The summed E-state index contributed by atoms with van der Waals surface area (Å²) in [5, 5.41) is 9.20. The van der Waals surface area contributed by atoms with Gasteiger partial charge in [-0.3, -0.25) is 9.69 Å². The Kier molecular flexibility index (Phi) is 4.93. The highest BCUT2D eigenvalue weighted by Crippen LogP contribution is 2.11. The van der Waals surface area contributed by atoms with Gasteiger partial charge in [0.25, 0.3) is 0 Å². The van der Waals surface area contributed by atoms with Gasteiger partial charge in [-0.25, -0.2) is 0 Å². The molecule has 0 bridgehead atoms. The molecule has 1 aromatic rings. The zero-order valence-corrected chi connectivity index (χ0v) is 11.5. The summed E-state index contributed by atoms with van der Waals surface area (Å²) in [6.07, 6.45) is 2.60. The first-order valence-corrected chi connectivity index (χ1v) is 6.88. The van der Waals surface area contributed by atoms with E-state index in [1.54, 1.807) is 24.3 Å². The van der Waals surface area contributed by atoms with E-state index in [-0.39, 0.29) is 11.5 Å². The van der Waals surface area contributed by atoms with Crippen LogP contribution >= 0.6 is 0 Å². The number of hydrogen-bond acceptors (Lipinski definition) is 4. The van der Waals surface area contributed by atoms with Crippen molar-refractivity contribution in [3.8, 4) is 5.75 Å². The van der Waals surface area contributed by atoms with Gasteiger partial charge in [0, 0.05) is 18.7 Å². The largest absolute Gasteiger partial charge is 0.508 e. The SMILES string of the molecule is CN(CCN1CCCC1)CC(=O)c1ccc(O)cc1. The molecule has 1 saturated heterocycles. The van der Waals surface area contributed by atoms with E-state index in [9.17, 15) is 9.90 Å². The number of ketones is 1. The standard InChI is InChI=1S/C15H22N2O2/c1-16(10-11-17-8-2-3-9-17)12-15(19)13-4-6-14(18)7-5-13/h4-7,18H,2-3,8-12H2,1H3. The molecule has 0 atom stereocenters. The molecule has 1 aromatic carbocycles. The van der Waals surface area contributed by atoms with Crippen LogP contribution in [-0.4, -0.2) is 60.5 Å². The zero-order valence-electron chi connectivity index (χ0n) is 11.5. The number of Topliss-reactive ketones (excluding diaryl/α,β-unsaturated/α-hetero) is 1. The maximum Gasteiger partial charge on any atom is 0.176 e. The zero-order chi connectivity index (χ0) is 13.7. The number of carbonyl (C=O) groups excluding carboxylic acids is 1. The number of benzene rings is 1. The number of phenols is 1. The van der Waals surface area contributed by atoms with Crippen LogP contribution in [0.3, 0.4) is 0 Å². The maximum atomic E-state index is 12.0. The highest BCUT2D eigenvalue weighted by molar-refractivity contribution is 5.97. The minimum atomic E-state index is 0.101. The number of aromatic hydroxyl groups is 1. The van der Waals surface area contributed by atoms with Gasteiger partial charge < -0.3 is 10.0 Å². The fraction of sp³-hybridized carbons (Fsp3) is 0.533. The van der Waals surface area contributed by atoms with Crippen molar-refractivity contribution in [2.24, 2.45) is 0 Å². The predicted molar refractivity (Wildman–Crippen MR) is 75.6 cm³/mol. The van der Waals surface area contributed by atoms with Crippen LogP contribution in [0, 0.1) is 0 Å². The smallest absolute Gasteiger partial charge is 0.176 e. The van der Waals surface area contributed by atoms with Gasteiger partial charge in [0.05, 0.1) is 6.54 Å². The summed E-state index contributed by atoms with van der Waals surface area (Å²) in [7, 11) is 1.98. The molecule has 0 amide bonds. The average molecular weight is 262 g/mol. The molecule has 0 unspecified atom stereocenters. The molecule has 1 aliphatic heterocycles. The van der Waals surface area contributed by atoms with Gasteiger partial charge in [0.1, 0.15) is 5.75 Å². The van der Waals surface area contributed by atoms with Gasteiger partial charge in [-0.2, -0.15) is 0 Å². The fourth-order valence-corrected chi connectivity index (χ4v) is 2.38. The topological polar surface area (TPSA) is 43.8 Å². The summed E-state index contributed by atoms with van der Waals surface area (Å²) >= 11 is 0. The van der Waals surface area contributed by atoms with Crippen LogP contribution < -0.4 is 0 Å². The molecule has 4 nitrogen and oxygen atoms in total. The van der Waals surface area contributed by atoms with E-state index in [1.165, 1.54) is 25.9 Å². The quantitative estimate of drug-likeness (QED) is 0.791. The lowest BCUT2D eigenvalue weighted by Crippen LogP contribution is -2.34. The molecule has 0 saturated carbocycles. The Balaban J connectivity index is 1.76. The summed E-state index contributed by atoms with van der Waals surface area (Å²) in [6, 6.07) is 6.45. The van der Waals surface area contributed by atoms with Crippen molar-refractivity contribution in [1.29, 1.82) is 0 Å². The Labute approximate surface area is 114 Å². The number of likely N-dealkylation sites (tertiary alicyclic amines) is 1. The van der Waals surface area contributed by atoms with Crippen molar-refractivity contribution in [2.75, 3.05) is 39.8 Å². The van der Waals surface area contributed by atoms with Gasteiger partial charge in [0.15, 0.2) is 5.78 Å². The van der Waals surface area contributed by atoms with Crippen LogP contribution in [0.15, 0.2) is 24.3 Å². The van der Waals surface area contributed by atoms with Crippen molar-refractivity contribution in [2.45, 2.75) is 12.8 Å². The van der Waals surface area contributed by atoms with Crippen molar-refractivity contribution >= 4 is 5.78 Å². The molecule has 1 fully saturated rings. The Hall–Kier alpha value is -1.39. The van der Waals surface area contributed by atoms with Crippen molar-refractivity contribution in [3.05, 3.63) is 29.8 Å². The van der Waals surface area contributed by atoms with Crippen LogP contribution in [0.2, 0.25) is 0 Å². The Morgan fingerprint density at radius 1 is 1.26 bits per heavy atom. The molecular formula is C15H22N2O2. The van der Waals surface area contributed by atoms with Gasteiger partial charge in [-0.1, -0.05) is 0 Å². The number of rotatable bonds is 6. The first-order valence-electron chi connectivity index (χ1n) is 6.88. The molecule has 0 aliphatic carbocycles. The second kappa shape index (κ2) is 6.68. The number of nitrogens with zero attached hydrogens (tertiary/aromatic N) is 2. The summed E-state index contributed by atoms with van der Waals surface area (Å²) < 4.78 is 0. The predicted octanol–water partition coefficient (Wildman–Crippen LogP) is 1.60. The van der Waals surface area contributed by atoms with Crippen LogP contribution in [0.4, 0.5) is 0 Å². The summed E-state index contributed by atoms with van der Waals surface area (Å²) in [5.41, 5.74) is 0.658. The molecule has 0 spiro atoms. The Morgan fingerprint density at radius 3 is 2.53 bits per heavy atom. The maximum absolute atomic E-state index is 12.0. The molecule has 2 rings (SSSR count). The molecule has 0 radical (unpaired) electrons. The van der Waals surface area contributed by atoms with E-state index in [0.717, 1.165) is 13.1 Å². The second-order valence-electron chi connectivity index (χ2n) is 5.26. The van der Waals surface area contributed by atoms with Crippen LogP contribution in [0.25, 0.3) is 0 Å². The number of likely N-dealkylation sites (N-methyl/N-ethyl adjacent to an activating group) is 1. The number of carbonyl (C=O) groups is 1. The minimum Gasteiger partial charge on any atom is -0.508 e. The Bertz CT molecular complexity index is 411. The molecule has 1 N–H and O–H groups in total.